The van der Waals surface area contributed by atoms with Crippen molar-refractivity contribution in [1.29, 1.82) is 0 Å². The van der Waals surface area contributed by atoms with Crippen LogP contribution in [0, 0.1) is 5.92 Å². The van der Waals surface area contributed by atoms with Gasteiger partial charge in [0, 0.05) is 25.0 Å². The smallest absolute Gasteiger partial charge is 0.223 e. The lowest BCUT2D eigenvalue weighted by molar-refractivity contribution is -0.135. The van der Waals surface area contributed by atoms with Gasteiger partial charge in [0.25, 0.3) is 0 Å². The van der Waals surface area contributed by atoms with Crippen LogP contribution in [0.15, 0.2) is 30.3 Å². The molecule has 1 aliphatic carbocycles. The number of carbonyl (C=O) groups excluding carboxylic acids is 1. The van der Waals surface area contributed by atoms with Gasteiger partial charge in [-0.15, -0.1) is 0 Å². The fourth-order valence-corrected chi connectivity index (χ4v) is 4.37. The van der Waals surface area contributed by atoms with Gasteiger partial charge in [0.05, 0.1) is 0 Å². The van der Waals surface area contributed by atoms with Crippen molar-refractivity contribution < 1.29 is 4.79 Å². The van der Waals surface area contributed by atoms with Crippen LogP contribution >= 0.6 is 0 Å². The molecule has 23 heavy (non-hydrogen) atoms. The van der Waals surface area contributed by atoms with Gasteiger partial charge in [0.2, 0.25) is 5.91 Å². The second-order valence-electron chi connectivity index (χ2n) is 7.55. The average Bonchev–Trinajstić information content (AvgIpc) is 2.56. The second-order valence-corrected chi connectivity index (χ2v) is 7.55. The molecule has 3 nitrogen and oxygen atoms in total. The normalized spacial score (nSPS) is 31.8. The maximum atomic E-state index is 12.6. The first-order valence-electron chi connectivity index (χ1n) is 9.23. The number of hydrogen-bond acceptors (Lipinski definition) is 2. The maximum Gasteiger partial charge on any atom is 0.223 e. The molecule has 1 heterocycles. The predicted octanol–water partition coefficient (Wildman–Crippen LogP) is 3.69. The molecule has 2 N–H and O–H groups in total. The Morgan fingerprint density at radius 1 is 1.13 bits per heavy atom. The minimum absolute atomic E-state index is 0.273. The van der Waals surface area contributed by atoms with Crippen LogP contribution in [0.1, 0.15) is 63.4 Å². The maximum absolute atomic E-state index is 12.6. The van der Waals surface area contributed by atoms with Crippen molar-refractivity contribution in [2.24, 2.45) is 11.7 Å². The Bertz CT molecular complexity index is 508. The SMILES string of the molecule is C[C@@H]1C[C@@H](N)CCN1C(=O)CC1CCC(c2ccccc2)CC1. The molecule has 2 atom stereocenters. The molecule has 0 unspecified atom stereocenters. The fourth-order valence-electron chi connectivity index (χ4n) is 4.37. The topological polar surface area (TPSA) is 46.3 Å². The second kappa shape index (κ2) is 7.48. The summed E-state index contributed by atoms with van der Waals surface area (Å²) in [4.78, 5) is 14.7. The number of benzene rings is 1. The Balaban J connectivity index is 1.48. The van der Waals surface area contributed by atoms with Crippen LogP contribution in [0.2, 0.25) is 0 Å². The predicted molar refractivity (Wildman–Crippen MR) is 94.1 cm³/mol. The van der Waals surface area contributed by atoms with Crippen molar-refractivity contribution in [2.45, 2.75) is 69.9 Å². The molecule has 3 heteroatoms. The molecule has 2 fully saturated rings. The minimum atomic E-state index is 0.273. The van der Waals surface area contributed by atoms with Crippen molar-refractivity contribution in [3.8, 4) is 0 Å². The van der Waals surface area contributed by atoms with Crippen LogP contribution in [-0.4, -0.2) is 29.4 Å². The number of hydrogen-bond donors (Lipinski definition) is 1. The van der Waals surface area contributed by atoms with Crippen LogP contribution in [-0.2, 0) is 4.79 Å². The van der Waals surface area contributed by atoms with Crippen LogP contribution in [0.5, 0.6) is 0 Å². The number of nitrogens with zero attached hydrogens (tertiary/aromatic N) is 1. The summed E-state index contributed by atoms with van der Waals surface area (Å²) in [5, 5.41) is 0. The molecule has 1 saturated heterocycles. The zero-order valence-electron chi connectivity index (χ0n) is 14.3. The van der Waals surface area contributed by atoms with Crippen LogP contribution in [0.25, 0.3) is 0 Å². The van der Waals surface area contributed by atoms with E-state index < -0.39 is 0 Å². The number of amides is 1. The lowest BCUT2D eigenvalue weighted by Crippen LogP contribution is -2.48. The Morgan fingerprint density at radius 2 is 1.83 bits per heavy atom. The van der Waals surface area contributed by atoms with Gasteiger partial charge in [0.15, 0.2) is 0 Å². The highest BCUT2D eigenvalue weighted by atomic mass is 16.2. The average molecular weight is 314 g/mol. The molecule has 1 saturated carbocycles. The minimum Gasteiger partial charge on any atom is -0.340 e. The Kier molecular flexibility index (Phi) is 5.37. The number of carbonyl (C=O) groups is 1. The van der Waals surface area contributed by atoms with Crippen molar-refractivity contribution in [3.05, 3.63) is 35.9 Å². The molecule has 3 rings (SSSR count). The highest BCUT2D eigenvalue weighted by molar-refractivity contribution is 5.77. The molecule has 1 aromatic carbocycles. The van der Waals surface area contributed by atoms with E-state index >= 15 is 0 Å². The lowest BCUT2D eigenvalue weighted by Gasteiger charge is -2.38. The largest absolute Gasteiger partial charge is 0.340 e. The fraction of sp³-hybridized carbons (Fsp3) is 0.650. The van der Waals surface area contributed by atoms with Crippen molar-refractivity contribution in [3.63, 3.8) is 0 Å². The quantitative estimate of drug-likeness (QED) is 0.925. The summed E-state index contributed by atoms with van der Waals surface area (Å²) in [5.74, 6) is 1.62. The first-order chi connectivity index (χ1) is 11.1. The standard InChI is InChI=1S/C20H30N2O/c1-15-13-19(21)11-12-22(15)20(23)14-16-7-9-18(10-8-16)17-5-3-2-4-6-17/h2-6,15-16,18-19H,7-14,21H2,1H3/t15-,16?,18?,19+/m1/s1. The van der Waals surface area contributed by atoms with E-state index in [-0.39, 0.29) is 6.04 Å². The third-order valence-corrected chi connectivity index (χ3v) is 5.82. The Morgan fingerprint density at radius 3 is 2.48 bits per heavy atom. The van der Waals surface area contributed by atoms with E-state index in [1.807, 2.05) is 0 Å². The lowest BCUT2D eigenvalue weighted by atomic mass is 9.77. The molecule has 1 amide bonds. The zero-order valence-corrected chi connectivity index (χ0v) is 14.3. The van der Waals surface area contributed by atoms with E-state index in [1.54, 1.807) is 0 Å². The Hall–Kier alpha value is -1.35. The van der Waals surface area contributed by atoms with Gasteiger partial charge in [-0.1, -0.05) is 30.3 Å². The van der Waals surface area contributed by atoms with E-state index in [1.165, 1.54) is 31.2 Å². The summed E-state index contributed by atoms with van der Waals surface area (Å²) in [6.07, 6.45) is 7.47. The molecule has 2 aliphatic rings. The molecule has 0 aromatic heterocycles. The summed E-state index contributed by atoms with van der Waals surface area (Å²) >= 11 is 0. The van der Waals surface area contributed by atoms with Crippen molar-refractivity contribution >= 4 is 5.91 Å². The van der Waals surface area contributed by atoms with E-state index in [0.717, 1.165) is 25.8 Å². The number of likely N-dealkylation sites (tertiary alicyclic amines) is 1. The molecular formula is C20H30N2O. The van der Waals surface area contributed by atoms with Gasteiger partial charge in [-0.2, -0.15) is 0 Å². The summed E-state index contributed by atoms with van der Waals surface area (Å²) in [7, 11) is 0. The van der Waals surface area contributed by atoms with E-state index in [0.29, 0.717) is 23.8 Å². The van der Waals surface area contributed by atoms with Crippen molar-refractivity contribution in [1.82, 2.24) is 4.90 Å². The highest BCUT2D eigenvalue weighted by Crippen LogP contribution is 2.37. The Labute approximate surface area is 140 Å². The van der Waals surface area contributed by atoms with Gasteiger partial charge in [-0.05, 0) is 62.8 Å². The van der Waals surface area contributed by atoms with E-state index in [2.05, 4.69) is 42.2 Å². The molecule has 1 aromatic rings. The van der Waals surface area contributed by atoms with Crippen LogP contribution in [0.3, 0.4) is 0 Å². The molecule has 1 aliphatic heterocycles. The molecule has 0 bridgehead atoms. The van der Waals surface area contributed by atoms with Crippen LogP contribution in [0.4, 0.5) is 0 Å². The molecule has 126 valence electrons. The highest BCUT2D eigenvalue weighted by Gasteiger charge is 2.30. The number of rotatable bonds is 3. The first-order valence-corrected chi connectivity index (χ1v) is 9.23. The summed E-state index contributed by atoms with van der Waals surface area (Å²) in [6.45, 7) is 2.99. The number of nitrogens with two attached hydrogens (primary N) is 1. The summed E-state index contributed by atoms with van der Waals surface area (Å²) in [6, 6.07) is 11.4. The van der Waals surface area contributed by atoms with Gasteiger partial charge >= 0.3 is 0 Å². The molecule has 0 spiro atoms. The van der Waals surface area contributed by atoms with E-state index in [9.17, 15) is 4.79 Å². The number of piperidine rings is 1. The van der Waals surface area contributed by atoms with Gasteiger partial charge in [0.1, 0.15) is 0 Å². The third kappa shape index (κ3) is 4.14. The molecule has 0 radical (unpaired) electrons. The van der Waals surface area contributed by atoms with Gasteiger partial charge < -0.3 is 10.6 Å². The third-order valence-electron chi connectivity index (χ3n) is 5.82. The van der Waals surface area contributed by atoms with Crippen molar-refractivity contribution in [2.75, 3.05) is 6.54 Å². The summed E-state index contributed by atoms with van der Waals surface area (Å²) < 4.78 is 0. The zero-order chi connectivity index (χ0) is 16.2. The van der Waals surface area contributed by atoms with Gasteiger partial charge in [-0.25, -0.2) is 0 Å². The van der Waals surface area contributed by atoms with Gasteiger partial charge in [-0.3, -0.25) is 4.79 Å². The van der Waals surface area contributed by atoms with Crippen LogP contribution < -0.4 is 5.73 Å². The monoisotopic (exact) mass is 314 g/mol. The summed E-state index contributed by atoms with van der Waals surface area (Å²) in [5.41, 5.74) is 7.47. The first kappa shape index (κ1) is 16.5. The van der Waals surface area contributed by atoms with E-state index in [4.69, 9.17) is 5.73 Å². The molecular weight excluding hydrogens is 284 g/mol.